The molecule has 1 aromatic rings. The average molecular weight is 364 g/mol. The van der Waals surface area contributed by atoms with Gasteiger partial charge in [0.05, 0.1) is 12.5 Å². The third-order valence-corrected chi connectivity index (χ3v) is 5.69. The van der Waals surface area contributed by atoms with Gasteiger partial charge in [-0.15, -0.1) is 0 Å². The predicted molar refractivity (Wildman–Crippen MR) is 95.9 cm³/mol. The van der Waals surface area contributed by atoms with Gasteiger partial charge in [0.2, 0.25) is 5.88 Å². The third kappa shape index (κ3) is 4.66. The molecule has 7 heteroatoms. The zero-order valence-corrected chi connectivity index (χ0v) is 15.3. The van der Waals surface area contributed by atoms with Gasteiger partial charge in [0.15, 0.2) is 0 Å². The predicted octanol–water partition coefficient (Wildman–Crippen LogP) is 2.38. The van der Waals surface area contributed by atoms with Gasteiger partial charge in [-0.3, -0.25) is 9.59 Å². The molecule has 1 amide bonds. The van der Waals surface area contributed by atoms with Gasteiger partial charge in [0, 0.05) is 36.7 Å². The van der Waals surface area contributed by atoms with Crippen LogP contribution in [0.3, 0.4) is 0 Å². The molecule has 0 spiro atoms. The largest absolute Gasteiger partial charge is 0.473 e. The number of piperidine rings is 1. The summed E-state index contributed by atoms with van der Waals surface area (Å²) in [6.45, 7) is 3.35. The molecular formula is C18H24N2O4S. The minimum atomic E-state index is -0.149. The number of carbonyl (C=O) groups is 2. The normalized spacial score (nSPS) is 21.2. The summed E-state index contributed by atoms with van der Waals surface area (Å²) in [5, 5.41) is 0. The fourth-order valence-electron chi connectivity index (χ4n) is 3.14. The van der Waals surface area contributed by atoms with Crippen LogP contribution in [0.5, 0.6) is 5.88 Å². The summed E-state index contributed by atoms with van der Waals surface area (Å²) < 4.78 is 10.9. The maximum absolute atomic E-state index is 12.7. The molecule has 6 nitrogen and oxygen atoms in total. The van der Waals surface area contributed by atoms with E-state index >= 15 is 0 Å². The number of nitrogens with zero attached hydrogens (tertiary/aromatic N) is 2. The van der Waals surface area contributed by atoms with E-state index in [4.69, 9.17) is 9.47 Å². The lowest BCUT2D eigenvalue weighted by molar-refractivity contribution is -0.149. The summed E-state index contributed by atoms with van der Waals surface area (Å²) >= 11 is 1.87. The first-order chi connectivity index (χ1) is 12.2. The molecular weight excluding hydrogens is 340 g/mol. The Balaban J connectivity index is 1.57. The lowest BCUT2D eigenvalue weighted by atomic mass is 9.96. The lowest BCUT2D eigenvalue weighted by Gasteiger charge is -2.31. The Labute approximate surface area is 152 Å². The van der Waals surface area contributed by atoms with Crippen LogP contribution in [0.15, 0.2) is 18.3 Å². The van der Waals surface area contributed by atoms with Crippen molar-refractivity contribution in [3.63, 3.8) is 0 Å². The van der Waals surface area contributed by atoms with Crippen molar-refractivity contribution in [2.45, 2.75) is 32.3 Å². The summed E-state index contributed by atoms with van der Waals surface area (Å²) in [5.41, 5.74) is 0.588. The quantitative estimate of drug-likeness (QED) is 0.747. The zero-order chi connectivity index (χ0) is 17.6. The maximum Gasteiger partial charge on any atom is 0.309 e. The van der Waals surface area contributed by atoms with Gasteiger partial charge in [0.25, 0.3) is 5.91 Å². The van der Waals surface area contributed by atoms with E-state index in [9.17, 15) is 9.59 Å². The van der Waals surface area contributed by atoms with Crippen molar-refractivity contribution in [3.8, 4) is 5.88 Å². The molecule has 0 N–H and O–H groups in total. The Bertz CT molecular complexity index is 611. The fourth-order valence-corrected chi connectivity index (χ4v) is 4.24. The van der Waals surface area contributed by atoms with E-state index < -0.39 is 0 Å². The van der Waals surface area contributed by atoms with Crippen molar-refractivity contribution in [1.29, 1.82) is 0 Å². The first-order valence-electron chi connectivity index (χ1n) is 8.83. The van der Waals surface area contributed by atoms with E-state index in [1.165, 1.54) is 0 Å². The third-order valence-electron chi connectivity index (χ3n) is 4.56. The Morgan fingerprint density at radius 2 is 2.12 bits per heavy atom. The van der Waals surface area contributed by atoms with Crippen molar-refractivity contribution >= 4 is 23.6 Å². The van der Waals surface area contributed by atoms with Crippen LogP contribution in [0.4, 0.5) is 0 Å². The molecule has 0 radical (unpaired) electrons. The highest BCUT2D eigenvalue weighted by Gasteiger charge is 2.29. The molecule has 2 aliphatic rings. The van der Waals surface area contributed by atoms with Crippen LogP contribution in [0.2, 0.25) is 0 Å². The van der Waals surface area contributed by atoms with Gasteiger partial charge in [0.1, 0.15) is 6.10 Å². The van der Waals surface area contributed by atoms with Gasteiger partial charge in [-0.1, -0.05) is 0 Å². The highest BCUT2D eigenvalue weighted by atomic mass is 32.2. The molecule has 0 bridgehead atoms. The van der Waals surface area contributed by atoms with Crippen LogP contribution in [0, 0.1) is 5.92 Å². The van der Waals surface area contributed by atoms with Crippen LogP contribution in [0.1, 0.15) is 36.5 Å². The van der Waals surface area contributed by atoms with Gasteiger partial charge < -0.3 is 14.4 Å². The van der Waals surface area contributed by atoms with Gasteiger partial charge in [-0.25, -0.2) is 4.98 Å². The summed E-state index contributed by atoms with van der Waals surface area (Å²) in [5.74, 6) is 2.32. The topological polar surface area (TPSA) is 68.7 Å². The number of rotatable bonds is 5. The van der Waals surface area contributed by atoms with E-state index in [1.54, 1.807) is 23.2 Å². The number of esters is 1. The first kappa shape index (κ1) is 18.0. The Morgan fingerprint density at radius 3 is 2.80 bits per heavy atom. The number of likely N-dealkylation sites (tertiary alicyclic amines) is 1. The number of amides is 1. The minimum Gasteiger partial charge on any atom is -0.473 e. The molecule has 0 aliphatic carbocycles. The zero-order valence-electron chi connectivity index (χ0n) is 14.5. The van der Waals surface area contributed by atoms with Crippen molar-refractivity contribution in [1.82, 2.24) is 9.88 Å². The summed E-state index contributed by atoms with van der Waals surface area (Å²) in [4.78, 5) is 30.5. The van der Waals surface area contributed by atoms with Gasteiger partial charge in [-0.05, 0) is 38.0 Å². The monoisotopic (exact) mass is 364 g/mol. The van der Waals surface area contributed by atoms with Gasteiger partial charge >= 0.3 is 5.97 Å². The van der Waals surface area contributed by atoms with Gasteiger partial charge in [-0.2, -0.15) is 11.8 Å². The Morgan fingerprint density at radius 1 is 1.32 bits per heavy atom. The highest BCUT2D eigenvalue weighted by Crippen LogP contribution is 2.24. The highest BCUT2D eigenvalue weighted by molar-refractivity contribution is 7.99. The lowest BCUT2D eigenvalue weighted by Crippen LogP contribution is -2.40. The second-order valence-corrected chi connectivity index (χ2v) is 7.45. The fraction of sp³-hybridized carbons (Fsp3) is 0.611. The molecule has 2 fully saturated rings. The number of pyridine rings is 1. The summed E-state index contributed by atoms with van der Waals surface area (Å²) in [7, 11) is 0. The van der Waals surface area contributed by atoms with Crippen LogP contribution >= 0.6 is 11.8 Å². The SMILES string of the molecule is CCOC(=O)C1CCN(C(=O)c2ccnc(OC3CCSC3)c2)CC1. The maximum atomic E-state index is 12.7. The molecule has 1 unspecified atom stereocenters. The van der Waals surface area contributed by atoms with Crippen LogP contribution < -0.4 is 4.74 Å². The van der Waals surface area contributed by atoms with Crippen LogP contribution in [0.25, 0.3) is 0 Å². The number of ether oxygens (including phenoxy) is 2. The smallest absolute Gasteiger partial charge is 0.309 e. The number of thioether (sulfide) groups is 1. The molecule has 1 atom stereocenters. The number of hydrogen-bond donors (Lipinski definition) is 0. The van der Waals surface area contributed by atoms with Crippen molar-refractivity contribution < 1.29 is 19.1 Å². The molecule has 0 saturated carbocycles. The molecule has 3 rings (SSSR count). The van der Waals surface area contributed by atoms with Crippen LogP contribution in [-0.2, 0) is 9.53 Å². The first-order valence-corrected chi connectivity index (χ1v) is 9.99. The van der Waals surface area contributed by atoms with Crippen molar-refractivity contribution in [2.24, 2.45) is 5.92 Å². The van der Waals surface area contributed by atoms with E-state index in [2.05, 4.69) is 4.98 Å². The Hall–Kier alpha value is -1.76. The van der Waals surface area contributed by atoms with Crippen molar-refractivity contribution in [2.75, 3.05) is 31.2 Å². The molecule has 3 heterocycles. The Kier molecular flexibility index (Phi) is 6.18. The van der Waals surface area contributed by atoms with Crippen LogP contribution in [-0.4, -0.2) is 59.1 Å². The minimum absolute atomic E-state index is 0.0321. The standard InChI is InChI=1S/C18H24N2O4S/c1-2-23-18(22)13-4-8-20(9-5-13)17(21)14-3-7-19-16(11-14)24-15-6-10-25-12-15/h3,7,11,13,15H,2,4-6,8-10,12H2,1H3. The molecule has 25 heavy (non-hydrogen) atoms. The molecule has 2 aliphatic heterocycles. The number of hydrogen-bond acceptors (Lipinski definition) is 6. The number of aromatic nitrogens is 1. The van der Waals surface area contributed by atoms with E-state index in [-0.39, 0.29) is 23.9 Å². The average Bonchev–Trinajstić information content (AvgIpc) is 3.15. The molecule has 2 saturated heterocycles. The number of carbonyl (C=O) groups excluding carboxylic acids is 2. The summed E-state index contributed by atoms with van der Waals surface area (Å²) in [6.07, 6.45) is 4.13. The molecule has 1 aromatic heterocycles. The second-order valence-electron chi connectivity index (χ2n) is 6.30. The second kappa shape index (κ2) is 8.56. The van der Waals surface area contributed by atoms with Crippen molar-refractivity contribution in [3.05, 3.63) is 23.9 Å². The van der Waals surface area contributed by atoms with E-state index in [0.29, 0.717) is 44.0 Å². The molecule has 136 valence electrons. The van der Waals surface area contributed by atoms with E-state index in [0.717, 1.165) is 17.9 Å². The molecule has 0 aromatic carbocycles. The van der Waals surface area contributed by atoms with E-state index in [1.807, 2.05) is 18.7 Å². The summed E-state index contributed by atoms with van der Waals surface area (Å²) in [6, 6.07) is 3.44.